The van der Waals surface area contributed by atoms with Gasteiger partial charge in [-0.2, -0.15) is 0 Å². The predicted molar refractivity (Wildman–Crippen MR) is 87.6 cm³/mol. The van der Waals surface area contributed by atoms with Crippen molar-refractivity contribution in [3.05, 3.63) is 34.3 Å². The number of hydrogen-bond donors (Lipinski definition) is 1. The molecule has 2 aliphatic rings. The van der Waals surface area contributed by atoms with Crippen molar-refractivity contribution in [3.8, 4) is 0 Å². The van der Waals surface area contributed by atoms with E-state index in [1.54, 1.807) is 6.08 Å². The summed E-state index contributed by atoms with van der Waals surface area (Å²) in [6, 6.07) is 6.88. The van der Waals surface area contributed by atoms with Gasteiger partial charge in [0.05, 0.1) is 0 Å². The van der Waals surface area contributed by atoms with E-state index in [-0.39, 0.29) is 0 Å². The molecule has 0 bridgehead atoms. The Hall–Kier alpha value is -1.33. The summed E-state index contributed by atoms with van der Waals surface area (Å²) >= 11 is 3.46. The van der Waals surface area contributed by atoms with Crippen molar-refractivity contribution >= 4 is 33.7 Å². The highest BCUT2D eigenvalue weighted by molar-refractivity contribution is 9.10. The van der Waals surface area contributed by atoms with Gasteiger partial charge in [0.25, 0.3) is 0 Å². The van der Waals surface area contributed by atoms with E-state index < -0.39 is 5.97 Å². The molecule has 1 N–H and O–H groups in total. The number of rotatable bonds is 4. The van der Waals surface area contributed by atoms with Crippen LogP contribution < -0.4 is 4.90 Å². The Kier molecular flexibility index (Phi) is 4.31. The number of piperazine rings is 1. The highest BCUT2D eigenvalue weighted by Crippen LogP contribution is 2.30. The zero-order valence-corrected chi connectivity index (χ0v) is 13.4. The Labute approximate surface area is 133 Å². The number of anilines is 1. The molecule has 1 saturated carbocycles. The van der Waals surface area contributed by atoms with E-state index >= 15 is 0 Å². The molecule has 0 atom stereocenters. The number of nitrogens with zero attached hydrogens (tertiary/aromatic N) is 2. The molecule has 112 valence electrons. The SMILES string of the molecule is O=C(O)/C=C/c1cc(Br)ccc1N1CCN(C2CC2)CC1. The molecule has 1 aromatic carbocycles. The van der Waals surface area contributed by atoms with Crippen LogP contribution in [0.4, 0.5) is 5.69 Å². The molecule has 0 radical (unpaired) electrons. The average molecular weight is 351 g/mol. The molecule has 2 fully saturated rings. The minimum absolute atomic E-state index is 0.823. The van der Waals surface area contributed by atoms with Gasteiger partial charge in [0.1, 0.15) is 0 Å². The number of aliphatic carboxylic acids is 1. The second kappa shape index (κ2) is 6.20. The normalized spacial score (nSPS) is 20.1. The lowest BCUT2D eigenvalue weighted by Gasteiger charge is -2.37. The highest BCUT2D eigenvalue weighted by Gasteiger charge is 2.31. The van der Waals surface area contributed by atoms with E-state index in [4.69, 9.17) is 5.11 Å². The zero-order valence-electron chi connectivity index (χ0n) is 11.8. The molecule has 3 rings (SSSR count). The van der Waals surface area contributed by atoms with Gasteiger partial charge in [-0.15, -0.1) is 0 Å². The van der Waals surface area contributed by atoms with E-state index in [0.29, 0.717) is 0 Å². The van der Waals surface area contributed by atoms with E-state index in [0.717, 1.165) is 47.9 Å². The Morgan fingerprint density at radius 2 is 1.95 bits per heavy atom. The topological polar surface area (TPSA) is 43.8 Å². The van der Waals surface area contributed by atoms with Gasteiger partial charge in [0, 0.05) is 48.5 Å². The van der Waals surface area contributed by atoms with Crippen LogP contribution in [0.25, 0.3) is 6.08 Å². The van der Waals surface area contributed by atoms with Crippen LogP contribution in [-0.4, -0.2) is 48.2 Å². The molecule has 4 nitrogen and oxygen atoms in total. The van der Waals surface area contributed by atoms with Crippen LogP contribution in [0, 0.1) is 0 Å². The quantitative estimate of drug-likeness (QED) is 0.848. The smallest absolute Gasteiger partial charge is 0.328 e. The predicted octanol–water partition coefficient (Wildman–Crippen LogP) is 2.83. The molecule has 5 heteroatoms. The summed E-state index contributed by atoms with van der Waals surface area (Å²) in [4.78, 5) is 15.7. The molecule has 0 aromatic heterocycles. The molecule has 0 unspecified atom stereocenters. The first-order valence-corrected chi connectivity index (χ1v) is 8.12. The summed E-state index contributed by atoms with van der Waals surface area (Å²) in [5.41, 5.74) is 2.07. The summed E-state index contributed by atoms with van der Waals surface area (Å²) in [5, 5.41) is 8.83. The maximum Gasteiger partial charge on any atom is 0.328 e. The van der Waals surface area contributed by atoms with Crippen molar-refractivity contribution in [2.24, 2.45) is 0 Å². The maximum atomic E-state index is 10.8. The van der Waals surface area contributed by atoms with Crippen molar-refractivity contribution in [1.29, 1.82) is 0 Å². The molecule has 0 amide bonds. The van der Waals surface area contributed by atoms with Gasteiger partial charge in [0.2, 0.25) is 0 Å². The van der Waals surface area contributed by atoms with Crippen LogP contribution in [0.3, 0.4) is 0 Å². The molecule has 0 spiro atoms. The molecular weight excluding hydrogens is 332 g/mol. The van der Waals surface area contributed by atoms with E-state index in [9.17, 15) is 4.79 Å². The second-order valence-corrected chi connectivity index (χ2v) is 6.54. The lowest BCUT2D eigenvalue weighted by atomic mass is 10.1. The molecular formula is C16H19BrN2O2. The van der Waals surface area contributed by atoms with E-state index in [2.05, 4.69) is 31.8 Å². The highest BCUT2D eigenvalue weighted by atomic mass is 79.9. The van der Waals surface area contributed by atoms with E-state index in [1.807, 2.05) is 12.1 Å². The zero-order chi connectivity index (χ0) is 14.8. The van der Waals surface area contributed by atoms with Crippen molar-refractivity contribution < 1.29 is 9.90 Å². The average Bonchev–Trinajstić information content (AvgIpc) is 3.30. The molecule has 21 heavy (non-hydrogen) atoms. The van der Waals surface area contributed by atoms with Gasteiger partial charge in [0.15, 0.2) is 0 Å². The van der Waals surface area contributed by atoms with E-state index in [1.165, 1.54) is 18.9 Å². The summed E-state index contributed by atoms with van der Waals surface area (Å²) in [6.45, 7) is 4.21. The Morgan fingerprint density at radius 3 is 2.57 bits per heavy atom. The molecule has 1 heterocycles. The lowest BCUT2D eigenvalue weighted by molar-refractivity contribution is -0.131. The van der Waals surface area contributed by atoms with Crippen molar-refractivity contribution in [2.75, 3.05) is 31.1 Å². The third-order valence-electron chi connectivity index (χ3n) is 4.11. The van der Waals surface area contributed by atoms with Crippen LogP contribution in [0.2, 0.25) is 0 Å². The van der Waals surface area contributed by atoms with Crippen molar-refractivity contribution in [1.82, 2.24) is 4.90 Å². The number of hydrogen-bond acceptors (Lipinski definition) is 3. The molecule has 1 aromatic rings. The summed E-state index contributed by atoms with van der Waals surface area (Å²) in [7, 11) is 0. The number of benzene rings is 1. The Bertz CT molecular complexity index is 561. The summed E-state index contributed by atoms with van der Waals surface area (Å²) in [6.07, 6.45) is 5.58. The maximum absolute atomic E-state index is 10.8. The van der Waals surface area contributed by atoms with Crippen molar-refractivity contribution in [3.63, 3.8) is 0 Å². The third kappa shape index (κ3) is 3.66. The standard InChI is InChI=1S/C16H19BrN2O2/c17-13-2-5-15(12(11-13)1-6-16(20)21)19-9-7-18(8-10-19)14-3-4-14/h1-2,5-6,11,14H,3-4,7-10H2,(H,20,21)/b6-1+. The lowest BCUT2D eigenvalue weighted by Crippen LogP contribution is -2.47. The Morgan fingerprint density at radius 1 is 1.24 bits per heavy atom. The summed E-state index contributed by atoms with van der Waals surface area (Å²) < 4.78 is 0.966. The van der Waals surface area contributed by atoms with Gasteiger partial charge >= 0.3 is 5.97 Å². The molecule has 1 aliphatic heterocycles. The van der Waals surface area contributed by atoms with Crippen LogP contribution in [0.1, 0.15) is 18.4 Å². The fourth-order valence-corrected chi connectivity index (χ4v) is 3.25. The molecule has 1 saturated heterocycles. The number of carboxylic acid groups (broad SMARTS) is 1. The third-order valence-corrected chi connectivity index (χ3v) is 4.61. The first kappa shape index (κ1) is 14.6. The largest absolute Gasteiger partial charge is 0.478 e. The molecule has 1 aliphatic carbocycles. The van der Waals surface area contributed by atoms with Gasteiger partial charge in [-0.1, -0.05) is 15.9 Å². The van der Waals surface area contributed by atoms with Gasteiger partial charge in [-0.25, -0.2) is 4.79 Å². The second-order valence-electron chi connectivity index (χ2n) is 5.63. The minimum Gasteiger partial charge on any atom is -0.478 e. The summed E-state index contributed by atoms with van der Waals surface area (Å²) in [5.74, 6) is -0.917. The minimum atomic E-state index is -0.917. The van der Waals surface area contributed by atoms with Gasteiger partial charge in [-0.05, 0) is 42.7 Å². The van der Waals surface area contributed by atoms with Crippen LogP contribution in [0.15, 0.2) is 28.7 Å². The number of carbonyl (C=O) groups is 1. The first-order chi connectivity index (χ1) is 10.1. The monoisotopic (exact) mass is 350 g/mol. The van der Waals surface area contributed by atoms with Crippen LogP contribution in [0.5, 0.6) is 0 Å². The van der Waals surface area contributed by atoms with Gasteiger partial charge in [-0.3, -0.25) is 4.90 Å². The number of halogens is 1. The van der Waals surface area contributed by atoms with Crippen LogP contribution in [-0.2, 0) is 4.79 Å². The fraction of sp³-hybridized carbons (Fsp3) is 0.438. The van der Waals surface area contributed by atoms with Crippen molar-refractivity contribution in [2.45, 2.75) is 18.9 Å². The Balaban J connectivity index is 1.76. The fourth-order valence-electron chi connectivity index (χ4n) is 2.88. The van der Waals surface area contributed by atoms with Gasteiger partial charge < -0.3 is 10.0 Å². The van der Waals surface area contributed by atoms with Crippen LogP contribution >= 0.6 is 15.9 Å². The first-order valence-electron chi connectivity index (χ1n) is 7.33. The number of carboxylic acids is 1.